The highest BCUT2D eigenvalue weighted by molar-refractivity contribution is 4.81. The van der Waals surface area contributed by atoms with Gasteiger partial charge in [0.1, 0.15) is 45.2 Å². The van der Waals surface area contributed by atoms with E-state index >= 15 is 0 Å². The zero-order chi connectivity index (χ0) is 53.3. The predicted octanol–water partition coefficient (Wildman–Crippen LogP) is 6.50. The molecule has 72 heavy (non-hydrogen) atoms. The predicted molar refractivity (Wildman–Crippen MR) is 227 cm³/mol. The van der Waals surface area contributed by atoms with E-state index in [1.165, 1.54) is 0 Å². The van der Waals surface area contributed by atoms with Gasteiger partial charge in [-0.25, -0.2) is 14.7 Å². The van der Waals surface area contributed by atoms with Gasteiger partial charge in [-0.15, -0.1) is 0 Å². The molecule has 2 unspecified atom stereocenters. The first-order valence-corrected chi connectivity index (χ1v) is 23.4. The van der Waals surface area contributed by atoms with Crippen LogP contribution in [0.1, 0.15) is 53.4 Å². The first-order chi connectivity index (χ1) is 35.1. The van der Waals surface area contributed by atoms with Crippen molar-refractivity contribution < 1.29 is 143 Å². The van der Waals surface area contributed by atoms with E-state index in [-0.39, 0.29) is 178 Å². The lowest BCUT2D eigenvalue weighted by molar-refractivity contribution is -0.459. The van der Waals surface area contributed by atoms with E-state index in [0.717, 1.165) is 0 Å². The number of ether oxygens (including phenoxy) is 11. The maximum atomic E-state index is 12.7. The van der Waals surface area contributed by atoms with E-state index < -0.39 is 47.1 Å². The number of halogens is 8. The monoisotopic (exact) mass is 1090 g/mol. The molecular weight excluding hydrogens is 1010 g/mol. The van der Waals surface area contributed by atoms with Gasteiger partial charge in [-0.2, -0.15) is 24.7 Å². The third-order valence-electron chi connectivity index (χ3n) is 11.4. The normalized spacial score (nSPS) is 14.0. The minimum atomic E-state index is -1.17. The average molecular weight is 1090 g/mol. The summed E-state index contributed by atoms with van der Waals surface area (Å²) in [6, 6.07) is 0. The lowest BCUT2D eigenvalue weighted by atomic mass is 9.88. The maximum Gasteiger partial charge on any atom is 0.111 e. The highest BCUT2D eigenvalue weighted by atomic mass is 19.3. The van der Waals surface area contributed by atoms with Crippen molar-refractivity contribution in [1.82, 2.24) is 0 Å². The summed E-state index contributed by atoms with van der Waals surface area (Å²) in [5.41, 5.74) is -3.75. The third-order valence-corrected chi connectivity index (χ3v) is 11.4. The Hall–Kier alpha value is -1.44. The second-order valence-corrected chi connectivity index (χ2v) is 16.8. The van der Waals surface area contributed by atoms with Gasteiger partial charge in [-0.1, -0.05) is 27.7 Å². The number of rotatable bonds is 59. The van der Waals surface area contributed by atoms with Crippen LogP contribution in [0.5, 0.6) is 0 Å². The molecule has 0 N–H and O–H groups in total. The van der Waals surface area contributed by atoms with Crippen LogP contribution < -0.4 is 0 Å². The molecule has 22 nitrogen and oxygen atoms in total. The Morgan fingerprint density at radius 1 is 0.264 bits per heavy atom. The van der Waals surface area contributed by atoms with E-state index in [1.807, 2.05) is 13.8 Å². The molecule has 0 saturated carbocycles. The van der Waals surface area contributed by atoms with Gasteiger partial charge < -0.3 is 52.1 Å². The van der Waals surface area contributed by atoms with E-state index in [0.29, 0.717) is 19.3 Å². The molecule has 0 aliphatic heterocycles. The fraction of sp³-hybridized carbons (Fsp3) is 1.00. The van der Waals surface area contributed by atoms with E-state index in [1.54, 1.807) is 13.8 Å². The van der Waals surface area contributed by atoms with Gasteiger partial charge in [-0.05, 0) is 77.2 Å². The van der Waals surface area contributed by atoms with Crippen molar-refractivity contribution in [2.24, 2.45) is 21.7 Å². The van der Waals surface area contributed by atoms with Gasteiger partial charge in [0.05, 0.1) is 152 Å². The van der Waals surface area contributed by atoms with Crippen LogP contribution in [-0.2, 0) is 107 Å². The lowest BCUT2D eigenvalue weighted by Crippen LogP contribution is -2.41. The first-order valence-electron chi connectivity index (χ1n) is 23.4. The summed E-state index contributed by atoms with van der Waals surface area (Å²) < 4.78 is 164. The first kappa shape index (κ1) is 70.6. The molecule has 2 atom stereocenters. The third kappa shape index (κ3) is 34.3. The average Bonchev–Trinajstić information content (AvgIpc) is 3.40. The summed E-state index contributed by atoms with van der Waals surface area (Å²) in [4.78, 5) is 31.5. The second-order valence-electron chi connectivity index (χ2n) is 16.8. The minimum Gasteiger partial charge on any atom is -0.378 e. The van der Waals surface area contributed by atoms with E-state index in [2.05, 4.69) is 54.6 Å². The van der Waals surface area contributed by atoms with Gasteiger partial charge >= 0.3 is 0 Å². The van der Waals surface area contributed by atoms with Crippen LogP contribution in [0.15, 0.2) is 0 Å². The smallest absolute Gasteiger partial charge is 0.111 e. The molecule has 0 aromatic heterocycles. The molecule has 0 aromatic carbocycles. The van der Waals surface area contributed by atoms with Crippen LogP contribution in [0.25, 0.3) is 0 Å². The topological polar surface area (TPSA) is 203 Å². The Labute approximate surface area is 415 Å². The highest BCUT2D eigenvalue weighted by Crippen LogP contribution is 2.28. The van der Waals surface area contributed by atoms with Crippen molar-refractivity contribution in [2.75, 3.05) is 185 Å². The molecule has 0 bridgehead atoms. The van der Waals surface area contributed by atoms with E-state index in [9.17, 15) is 36.2 Å². The maximum absolute atomic E-state index is 12.7. The van der Waals surface area contributed by atoms with Crippen molar-refractivity contribution in [3.8, 4) is 0 Å². The van der Waals surface area contributed by atoms with Crippen molar-refractivity contribution >= 4 is 0 Å². The fourth-order valence-electron chi connectivity index (χ4n) is 6.41. The Kier molecular flexibility index (Phi) is 47.0. The van der Waals surface area contributed by atoms with Crippen LogP contribution in [0.4, 0.5) is 36.2 Å². The van der Waals surface area contributed by atoms with Gasteiger partial charge in [-0.3, -0.25) is 0 Å². The molecule has 0 amide bonds. The Balaban J connectivity index is 6.45. The summed E-state index contributed by atoms with van der Waals surface area (Å²) >= 11 is 0. The molecule has 0 radical (unpaired) electrons. The zero-order valence-corrected chi connectivity index (χ0v) is 41.8. The Morgan fingerprint density at radius 2 is 0.472 bits per heavy atom. The fourth-order valence-corrected chi connectivity index (χ4v) is 6.41. The summed E-state index contributed by atoms with van der Waals surface area (Å²) in [7, 11) is 0. The standard InChI is InChI=1S/C42H78F8O22/c1-5-39(25-51-9-16-62-43,26-52-10-17-63-44)30-56-21-37(22-57-31-40(6-2,27-53-11-18-64-45)28-54-12-19-65-46)60-14-15-61-38(24-59-33-42(8-4,35-68-71-49)36-69-72-50)23-58-32-41(7-3,34-67-70-48)29-55-13-20-66-47/h37-38H,5-36H2,1-4H3. The van der Waals surface area contributed by atoms with E-state index in [4.69, 9.17) is 52.1 Å². The van der Waals surface area contributed by atoms with Crippen LogP contribution in [0.2, 0.25) is 0 Å². The molecule has 0 spiro atoms. The van der Waals surface area contributed by atoms with Crippen molar-refractivity contribution in [3.05, 3.63) is 0 Å². The van der Waals surface area contributed by atoms with Crippen LogP contribution >= 0.6 is 0 Å². The van der Waals surface area contributed by atoms with Crippen molar-refractivity contribution in [2.45, 2.75) is 65.6 Å². The molecule has 30 heteroatoms. The molecule has 0 aliphatic carbocycles. The molecular formula is C42H78F8O22. The molecule has 0 aliphatic rings. The van der Waals surface area contributed by atoms with Crippen LogP contribution in [0.3, 0.4) is 0 Å². The lowest BCUT2D eigenvalue weighted by Gasteiger charge is -2.34. The number of hydrogen-bond acceptors (Lipinski definition) is 22. The largest absolute Gasteiger partial charge is 0.378 e. The molecule has 0 rings (SSSR count). The zero-order valence-electron chi connectivity index (χ0n) is 41.8. The second kappa shape index (κ2) is 48.0. The summed E-state index contributed by atoms with van der Waals surface area (Å²) in [6.07, 6.45) is -0.225. The Morgan fingerprint density at radius 3 is 0.681 bits per heavy atom. The summed E-state index contributed by atoms with van der Waals surface area (Å²) in [5, 5.41) is 9.86. The SMILES string of the molecule is CCC(COCCOF)(COCCOF)COCC(COCC(CC)(COCCOF)COCCOF)OCCOC(COCC(CC)(COCCOF)COOF)COCC(CC)(COOF)COOF. The highest BCUT2D eigenvalue weighted by Gasteiger charge is 2.35. The van der Waals surface area contributed by atoms with Gasteiger partial charge in [0.2, 0.25) is 0 Å². The molecule has 0 fully saturated rings. The Bertz CT molecular complexity index is 1090. The summed E-state index contributed by atoms with van der Waals surface area (Å²) in [6.45, 7) is 3.06. The molecule has 0 heterocycles. The van der Waals surface area contributed by atoms with Crippen LogP contribution in [0, 0.1) is 21.7 Å². The van der Waals surface area contributed by atoms with Crippen molar-refractivity contribution in [1.29, 1.82) is 0 Å². The van der Waals surface area contributed by atoms with Gasteiger partial charge in [0.15, 0.2) is 0 Å². The number of hydrogen-bond donors (Lipinski definition) is 0. The molecule has 434 valence electrons. The van der Waals surface area contributed by atoms with Gasteiger partial charge in [0.25, 0.3) is 0 Å². The van der Waals surface area contributed by atoms with Crippen LogP contribution in [-0.4, -0.2) is 197 Å². The molecule has 0 aromatic rings. The summed E-state index contributed by atoms with van der Waals surface area (Å²) in [5.74, 6) is 0. The van der Waals surface area contributed by atoms with Gasteiger partial charge in [0, 0.05) is 21.7 Å². The minimum absolute atomic E-state index is 0.0259. The molecule has 0 saturated heterocycles. The van der Waals surface area contributed by atoms with Crippen molar-refractivity contribution in [3.63, 3.8) is 0 Å². The quantitative estimate of drug-likeness (QED) is 0.0276.